The van der Waals surface area contributed by atoms with E-state index >= 15 is 0 Å². The highest BCUT2D eigenvalue weighted by atomic mass is 16.6. The largest absolute Gasteiger partial charge is 0.372 e. The van der Waals surface area contributed by atoms with Crippen LogP contribution in [-0.4, -0.2) is 12.7 Å². The standard InChI is InChI=1S/C15H16O/c1-3-7-12(8-4-1)15(14-11-16-14)13-9-5-2-6-10-13/h1,3-5,7-10,14-15H,2,6,11H2. The average Bonchev–Trinajstić information content (AvgIpc) is 3.17. The van der Waals surface area contributed by atoms with E-state index in [1.165, 1.54) is 24.0 Å². The first kappa shape index (κ1) is 9.86. The number of ether oxygens (including phenoxy) is 1. The Kier molecular flexibility index (Phi) is 2.63. The van der Waals surface area contributed by atoms with Crippen LogP contribution < -0.4 is 0 Å². The number of rotatable bonds is 3. The van der Waals surface area contributed by atoms with Gasteiger partial charge in [0.1, 0.15) is 0 Å². The van der Waals surface area contributed by atoms with Crippen molar-refractivity contribution in [3.05, 3.63) is 59.7 Å². The molecule has 82 valence electrons. The van der Waals surface area contributed by atoms with Crippen molar-refractivity contribution < 1.29 is 4.74 Å². The molecular weight excluding hydrogens is 196 g/mol. The minimum absolute atomic E-state index is 0.399. The molecule has 16 heavy (non-hydrogen) atoms. The summed E-state index contributed by atoms with van der Waals surface area (Å²) >= 11 is 0. The van der Waals surface area contributed by atoms with Crippen molar-refractivity contribution in [2.24, 2.45) is 0 Å². The lowest BCUT2D eigenvalue weighted by atomic mass is 9.86. The Labute approximate surface area is 96.4 Å². The van der Waals surface area contributed by atoms with E-state index in [1.807, 2.05) is 0 Å². The van der Waals surface area contributed by atoms with Crippen LogP contribution in [0.5, 0.6) is 0 Å². The summed E-state index contributed by atoms with van der Waals surface area (Å²) in [7, 11) is 0. The van der Waals surface area contributed by atoms with Crippen LogP contribution >= 0.6 is 0 Å². The Morgan fingerprint density at radius 3 is 2.56 bits per heavy atom. The molecule has 2 atom stereocenters. The van der Waals surface area contributed by atoms with Crippen LogP contribution in [0.3, 0.4) is 0 Å². The van der Waals surface area contributed by atoms with Crippen molar-refractivity contribution in [3.63, 3.8) is 0 Å². The van der Waals surface area contributed by atoms with Gasteiger partial charge in [0.05, 0.1) is 12.7 Å². The molecule has 0 saturated carbocycles. The molecule has 2 unspecified atom stereocenters. The van der Waals surface area contributed by atoms with Gasteiger partial charge >= 0.3 is 0 Å². The summed E-state index contributed by atoms with van der Waals surface area (Å²) in [5.74, 6) is 0.442. The summed E-state index contributed by atoms with van der Waals surface area (Å²) in [4.78, 5) is 0. The topological polar surface area (TPSA) is 12.5 Å². The molecule has 0 N–H and O–H groups in total. The number of hydrogen-bond donors (Lipinski definition) is 0. The molecule has 1 heteroatoms. The average molecular weight is 212 g/mol. The Hall–Kier alpha value is -1.34. The van der Waals surface area contributed by atoms with Gasteiger partial charge in [-0.2, -0.15) is 0 Å². The van der Waals surface area contributed by atoms with Crippen LogP contribution in [0.4, 0.5) is 0 Å². The molecule has 3 rings (SSSR count). The fraction of sp³-hybridized carbons (Fsp3) is 0.333. The minimum atomic E-state index is 0.399. The minimum Gasteiger partial charge on any atom is -0.372 e. The van der Waals surface area contributed by atoms with E-state index in [0.29, 0.717) is 12.0 Å². The van der Waals surface area contributed by atoms with Crippen LogP contribution in [0, 0.1) is 0 Å². The Bertz CT molecular complexity index is 412. The van der Waals surface area contributed by atoms with Crippen molar-refractivity contribution in [1.29, 1.82) is 0 Å². The van der Waals surface area contributed by atoms with E-state index in [2.05, 4.69) is 48.6 Å². The van der Waals surface area contributed by atoms with E-state index in [-0.39, 0.29) is 0 Å². The van der Waals surface area contributed by atoms with Gasteiger partial charge in [-0.15, -0.1) is 0 Å². The zero-order valence-electron chi connectivity index (χ0n) is 9.30. The molecule has 0 spiro atoms. The third-order valence-electron chi connectivity index (χ3n) is 3.27. The zero-order chi connectivity index (χ0) is 10.8. The van der Waals surface area contributed by atoms with Crippen LogP contribution in [0.15, 0.2) is 54.1 Å². The maximum Gasteiger partial charge on any atom is 0.0918 e. The molecule has 0 aromatic heterocycles. The van der Waals surface area contributed by atoms with Gasteiger partial charge in [0, 0.05) is 5.92 Å². The van der Waals surface area contributed by atoms with Gasteiger partial charge < -0.3 is 4.74 Å². The van der Waals surface area contributed by atoms with Crippen LogP contribution in [0.1, 0.15) is 24.3 Å². The summed E-state index contributed by atoms with van der Waals surface area (Å²) in [5.41, 5.74) is 2.81. The summed E-state index contributed by atoms with van der Waals surface area (Å²) < 4.78 is 5.50. The predicted molar refractivity (Wildman–Crippen MR) is 65.4 cm³/mol. The summed E-state index contributed by atoms with van der Waals surface area (Å²) in [5, 5.41) is 0. The van der Waals surface area contributed by atoms with Crippen molar-refractivity contribution in [2.75, 3.05) is 6.61 Å². The highest BCUT2D eigenvalue weighted by molar-refractivity contribution is 5.38. The molecular formula is C15H16O. The Balaban J connectivity index is 1.92. The van der Waals surface area contributed by atoms with E-state index in [0.717, 1.165) is 6.61 Å². The first-order valence-corrected chi connectivity index (χ1v) is 5.98. The lowest BCUT2D eigenvalue weighted by Gasteiger charge is -2.18. The maximum atomic E-state index is 5.50. The first-order chi connectivity index (χ1) is 7.95. The molecule has 0 amide bonds. The van der Waals surface area contributed by atoms with E-state index in [4.69, 9.17) is 4.74 Å². The number of hydrogen-bond acceptors (Lipinski definition) is 1. The quantitative estimate of drug-likeness (QED) is 0.699. The fourth-order valence-electron chi connectivity index (χ4n) is 2.39. The lowest BCUT2D eigenvalue weighted by molar-refractivity contribution is 0.389. The van der Waals surface area contributed by atoms with Crippen LogP contribution in [0.25, 0.3) is 0 Å². The SMILES string of the molecule is C1=CC(C(c2ccccc2)C2CO2)=CCC1. The molecule has 1 saturated heterocycles. The fourth-order valence-corrected chi connectivity index (χ4v) is 2.39. The normalized spacial score (nSPS) is 25.0. The molecule has 1 fully saturated rings. The van der Waals surface area contributed by atoms with Crippen LogP contribution in [-0.2, 0) is 4.74 Å². The predicted octanol–water partition coefficient (Wildman–Crippen LogP) is 3.45. The van der Waals surface area contributed by atoms with Gasteiger partial charge in [0.25, 0.3) is 0 Å². The third-order valence-corrected chi connectivity index (χ3v) is 3.27. The molecule has 1 nitrogen and oxygen atoms in total. The van der Waals surface area contributed by atoms with Gasteiger partial charge in [0.2, 0.25) is 0 Å². The second kappa shape index (κ2) is 4.26. The first-order valence-electron chi connectivity index (χ1n) is 5.98. The van der Waals surface area contributed by atoms with Crippen molar-refractivity contribution in [3.8, 4) is 0 Å². The number of epoxide rings is 1. The third kappa shape index (κ3) is 1.96. The molecule has 2 aliphatic rings. The Morgan fingerprint density at radius 2 is 1.94 bits per heavy atom. The molecule has 1 heterocycles. The second-order valence-electron chi connectivity index (χ2n) is 4.44. The van der Waals surface area contributed by atoms with E-state index < -0.39 is 0 Å². The molecule has 1 aromatic rings. The monoisotopic (exact) mass is 212 g/mol. The number of benzene rings is 1. The molecule has 1 aliphatic heterocycles. The van der Waals surface area contributed by atoms with E-state index in [1.54, 1.807) is 0 Å². The van der Waals surface area contributed by atoms with Gasteiger partial charge in [-0.1, -0.05) is 48.6 Å². The summed E-state index contributed by atoms with van der Waals surface area (Å²) in [6.45, 7) is 0.907. The Morgan fingerprint density at radius 1 is 1.12 bits per heavy atom. The molecule has 1 aliphatic carbocycles. The van der Waals surface area contributed by atoms with Gasteiger partial charge in [-0.25, -0.2) is 0 Å². The molecule has 0 bridgehead atoms. The van der Waals surface area contributed by atoms with Crippen molar-refractivity contribution in [2.45, 2.75) is 24.9 Å². The lowest BCUT2D eigenvalue weighted by Crippen LogP contribution is -2.09. The van der Waals surface area contributed by atoms with Gasteiger partial charge in [0.15, 0.2) is 0 Å². The van der Waals surface area contributed by atoms with Crippen molar-refractivity contribution >= 4 is 0 Å². The van der Waals surface area contributed by atoms with Gasteiger partial charge in [-0.05, 0) is 24.0 Å². The molecule has 1 aromatic carbocycles. The summed E-state index contributed by atoms with van der Waals surface area (Å²) in [6, 6.07) is 10.7. The highest BCUT2D eigenvalue weighted by Crippen LogP contribution is 2.37. The second-order valence-corrected chi connectivity index (χ2v) is 4.44. The van der Waals surface area contributed by atoms with Crippen LogP contribution in [0.2, 0.25) is 0 Å². The van der Waals surface area contributed by atoms with Crippen molar-refractivity contribution in [1.82, 2.24) is 0 Å². The smallest absolute Gasteiger partial charge is 0.0918 e. The van der Waals surface area contributed by atoms with Gasteiger partial charge in [-0.3, -0.25) is 0 Å². The summed E-state index contributed by atoms with van der Waals surface area (Å²) in [6.07, 6.45) is 9.64. The highest BCUT2D eigenvalue weighted by Gasteiger charge is 2.35. The molecule has 0 radical (unpaired) electrons. The number of allylic oxidation sites excluding steroid dienone is 3. The zero-order valence-corrected chi connectivity index (χ0v) is 9.30. The maximum absolute atomic E-state index is 5.50. The van der Waals surface area contributed by atoms with E-state index in [9.17, 15) is 0 Å².